The molecule has 0 aliphatic heterocycles. The average Bonchev–Trinajstić information content (AvgIpc) is 2.47. The van der Waals surface area contributed by atoms with Crippen LogP contribution in [0.3, 0.4) is 0 Å². The van der Waals surface area contributed by atoms with Crippen LogP contribution in [0.5, 0.6) is 0 Å². The van der Waals surface area contributed by atoms with E-state index in [0.29, 0.717) is 22.4 Å². The van der Waals surface area contributed by atoms with Gasteiger partial charge in [-0.1, -0.05) is 42.4 Å². The van der Waals surface area contributed by atoms with E-state index in [1.54, 1.807) is 6.07 Å². The standard InChI is InChI=1S/C16H18ClN3OS/c1-3-22-16-19-11(2)9-14(20-16)15(21)18-8-7-12-5-4-6-13(17)10-12/h4-6,9-10H,3,7-8H2,1-2H3,(H,18,21). The molecule has 0 spiro atoms. The second-order valence-electron chi connectivity index (χ2n) is 4.75. The highest BCUT2D eigenvalue weighted by molar-refractivity contribution is 7.99. The van der Waals surface area contributed by atoms with Crippen molar-refractivity contribution in [3.05, 3.63) is 52.3 Å². The van der Waals surface area contributed by atoms with Crippen molar-refractivity contribution < 1.29 is 4.79 Å². The molecule has 0 unspecified atom stereocenters. The van der Waals surface area contributed by atoms with Gasteiger partial charge in [0.05, 0.1) is 0 Å². The Balaban J connectivity index is 1.94. The summed E-state index contributed by atoms with van der Waals surface area (Å²) in [5.41, 5.74) is 2.30. The van der Waals surface area contributed by atoms with Crippen LogP contribution < -0.4 is 5.32 Å². The van der Waals surface area contributed by atoms with Crippen molar-refractivity contribution in [1.82, 2.24) is 15.3 Å². The predicted molar refractivity (Wildman–Crippen MR) is 90.7 cm³/mol. The fourth-order valence-electron chi connectivity index (χ4n) is 1.95. The number of benzene rings is 1. The second kappa shape index (κ2) is 8.15. The van der Waals surface area contributed by atoms with Gasteiger partial charge in [0.15, 0.2) is 5.16 Å². The molecule has 0 aliphatic rings. The van der Waals surface area contributed by atoms with Gasteiger partial charge in [-0.2, -0.15) is 0 Å². The van der Waals surface area contributed by atoms with Crippen molar-refractivity contribution in [2.45, 2.75) is 25.4 Å². The lowest BCUT2D eigenvalue weighted by molar-refractivity contribution is 0.0948. The van der Waals surface area contributed by atoms with Gasteiger partial charge < -0.3 is 5.32 Å². The van der Waals surface area contributed by atoms with Crippen molar-refractivity contribution in [3.63, 3.8) is 0 Å². The number of hydrogen-bond acceptors (Lipinski definition) is 4. The number of amides is 1. The summed E-state index contributed by atoms with van der Waals surface area (Å²) in [6.45, 7) is 4.43. The van der Waals surface area contributed by atoms with E-state index >= 15 is 0 Å². The molecule has 0 radical (unpaired) electrons. The minimum atomic E-state index is -0.175. The third-order valence-corrected chi connectivity index (χ3v) is 3.89. The summed E-state index contributed by atoms with van der Waals surface area (Å²) >= 11 is 7.47. The molecular formula is C16H18ClN3OS. The van der Waals surface area contributed by atoms with E-state index in [1.807, 2.05) is 38.1 Å². The van der Waals surface area contributed by atoms with Crippen LogP contribution in [0.25, 0.3) is 0 Å². The largest absolute Gasteiger partial charge is 0.350 e. The number of nitrogens with one attached hydrogen (secondary N) is 1. The van der Waals surface area contributed by atoms with Crippen molar-refractivity contribution in [2.75, 3.05) is 12.3 Å². The number of carbonyl (C=O) groups is 1. The Morgan fingerprint density at radius 1 is 1.32 bits per heavy atom. The SMILES string of the molecule is CCSc1nc(C)cc(C(=O)NCCc2cccc(Cl)c2)n1. The van der Waals surface area contributed by atoms with Gasteiger partial charge in [0.25, 0.3) is 5.91 Å². The molecule has 4 nitrogen and oxygen atoms in total. The molecule has 0 aliphatic carbocycles. The quantitative estimate of drug-likeness (QED) is 0.648. The van der Waals surface area contributed by atoms with Gasteiger partial charge in [-0.15, -0.1) is 0 Å². The van der Waals surface area contributed by atoms with Crippen molar-refractivity contribution in [3.8, 4) is 0 Å². The molecule has 1 aromatic carbocycles. The number of halogens is 1. The Kier molecular flexibility index (Phi) is 6.21. The van der Waals surface area contributed by atoms with Crippen molar-refractivity contribution in [1.29, 1.82) is 0 Å². The number of aromatic nitrogens is 2. The van der Waals surface area contributed by atoms with Crippen LogP contribution in [-0.2, 0) is 6.42 Å². The third-order valence-electron chi connectivity index (χ3n) is 2.93. The summed E-state index contributed by atoms with van der Waals surface area (Å²) in [4.78, 5) is 20.8. The van der Waals surface area contributed by atoms with Crippen LogP contribution in [-0.4, -0.2) is 28.2 Å². The molecule has 1 N–H and O–H groups in total. The zero-order valence-electron chi connectivity index (χ0n) is 12.6. The van der Waals surface area contributed by atoms with E-state index in [1.165, 1.54) is 11.8 Å². The van der Waals surface area contributed by atoms with E-state index in [-0.39, 0.29) is 5.91 Å². The molecule has 0 saturated carbocycles. The number of thioether (sulfide) groups is 1. The van der Waals surface area contributed by atoms with Gasteiger partial charge in [-0.3, -0.25) is 4.79 Å². The topological polar surface area (TPSA) is 54.9 Å². The summed E-state index contributed by atoms with van der Waals surface area (Å²) in [5.74, 6) is 0.699. The first-order valence-electron chi connectivity index (χ1n) is 7.09. The summed E-state index contributed by atoms with van der Waals surface area (Å²) in [7, 11) is 0. The lowest BCUT2D eigenvalue weighted by atomic mass is 10.1. The van der Waals surface area contributed by atoms with E-state index in [0.717, 1.165) is 23.4 Å². The number of hydrogen-bond donors (Lipinski definition) is 1. The molecule has 0 saturated heterocycles. The number of nitrogens with zero attached hydrogens (tertiary/aromatic N) is 2. The zero-order chi connectivity index (χ0) is 15.9. The Labute approximate surface area is 139 Å². The van der Waals surface area contributed by atoms with Gasteiger partial charge in [0.1, 0.15) is 5.69 Å². The van der Waals surface area contributed by atoms with Crippen molar-refractivity contribution >= 4 is 29.3 Å². The van der Waals surface area contributed by atoms with Crippen LogP contribution in [0.2, 0.25) is 5.02 Å². The molecule has 2 rings (SSSR count). The first kappa shape index (κ1) is 16.8. The van der Waals surface area contributed by atoms with Crippen LogP contribution in [0, 0.1) is 6.92 Å². The third kappa shape index (κ3) is 5.00. The molecule has 22 heavy (non-hydrogen) atoms. The summed E-state index contributed by atoms with van der Waals surface area (Å²) in [6.07, 6.45) is 0.729. The maximum atomic E-state index is 12.2. The fourth-order valence-corrected chi connectivity index (χ4v) is 2.80. The van der Waals surface area contributed by atoms with Crippen LogP contribution in [0.1, 0.15) is 28.7 Å². The summed E-state index contributed by atoms with van der Waals surface area (Å²) < 4.78 is 0. The average molecular weight is 336 g/mol. The van der Waals surface area contributed by atoms with Crippen molar-refractivity contribution in [2.24, 2.45) is 0 Å². The van der Waals surface area contributed by atoms with Crippen LogP contribution in [0.15, 0.2) is 35.5 Å². The van der Waals surface area contributed by atoms with Crippen LogP contribution in [0.4, 0.5) is 0 Å². The lowest BCUT2D eigenvalue weighted by Gasteiger charge is -2.07. The maximum Gasteiger partial charge on any atom is 0.270 e. The first-order chi connectivity index (χ1) is 10.6. The highest BCUT2D eigenvalue weighted by Gasteiger charge is 2.10. The van der Waals surface area contributed by atoms with E-state index in [4.69, 9.17) is 11.6 Å². The monoisotopic (exact) mass is 335 g/mol. The normalized spacial score (nSPS) is 10.5. The van der Waals surface area contributed by atoms with Gasteiger partial charge in [0.2, 0.25) is 0 Å². The smallest absolute Gasteiger partial charge is 0.270 e. The zero-order valence-corrected chi connectivity index (χ0v) is 14.2. The minimum Gasteiger partial charge on any atom is -0.350 e. The molecular weight excluding hydrogens is 318 g/mol. The fraction of sp³-hybridized carbons (Fsp3) is 0.312. The Hall–Kier alpha value is -1.59. The first-order valence-corrected chi connectivity index (χ1v) is 8.46. The molecule has 1 heterocycles. The van der Waals surface area contributed by atoms with Gasteiger partial charge in [-0.05, 0) is 42.9 Å². The predicted octanol–water partition coefficient (Wildman–Crippen LogP) is 3.52. The number of carbonyl (C=O) groups excluding carboxylic acids is 1. The van der Waals surface area contributed by atoms with Crippen LogP contribution >= 0.6 is 23.4 Å². The molecule has 0 atom stereocenters. The van der Waals surface area contributed by atoms with Gasteiger partial charge in [-0.25, -0.2) is 9.97 Å². The molecule has 1 amide bonds. The highest BCUT2D eigenvalue weighted by Crippen LogP contribution is 2.14. The minimum absolute atomic E-state index is 0.175. The molecule has 2 aromatic rings. The van der Waals surface area contributed by atoms with Gasteiger partial charge >= 0.3 is 0 Å². The second-order valence-corrected chi connectivity index (χ2v) is 6.41. The van der Waals surface area contributed by atoms with E-state index < -0.39 is 0 Å². The number of aryl methyl sites for hydroxylation is 1. The van der Waals surface area contributed by atoms with E-state index in [2.05, 4.69) is 15.3 Å². The molecule has 6 heteroatoms. The molecule has 0 fully saturated rings. The Bertz CT molecular complexity index is 664. The highest BCUT2D eigenvalue weighted by atomic mass is 35.5. The molecule has 1 aromatic heterocycles. The number of rotatable bonds is 6. The lowest BCUT2D eigenvalue weighted by Crippen LogP contribution is -2.27. The molecule has 116 valence electrons. The van der Waals surface area contributed by atoms with Gasteiger partial charge in [0, 0.05) is 17.3 Å². The van der Waals surface area contributed by atoms with E-state index in [9.17, 15) is 4.79 Å². The summed E-state index contributed by atoms with van der Waals surface area (Å²) in [5, 5.41) is 4.23. The Morgan fingerprint density at radius 3 is 2.86 bits per heavy atom. The summed E-state index contributed by atoms with van der Waals surface area (Å²) in [6, 6.07) is 9.33. The molecule has 0 bridgehead atoms. The Morgan fingerprint density at radius 2 is 2.14 bits per heavy atom. The maximum absolute atomic E-state index is 12.2.